The van der Waals surface area contributed by atoms with Crippen LogP contribution in [0.3, 0.4) is 0 Å². The summed E-state index contributed by atoms with van der Waals surface area (Å²) in [6.07, 6.45) is 3.63. The van der Waals surface area contributed by atoms with E-state index in [9.17, 15) is 8.42 Å². The highest BCUT2D eigenvalue weighted by molar-refractivity contribution is 7.89. The maximum atomic E-state index is 11.3. The van der Waals surface area contributed by atoms with Gasteiger partial charge in [0.25, 0.3) is 0 Å². The first kappa shape index (κ1) is 14.6. The Morgan fingerprint density at radius 3 is 2.53 bits per heavy atom. The number of rotatable bonds is 8. The maximum Gasteiger partial charge on any atom is 0.212 e. The number of methoxy groups -OCH3 is 1. The third-order valence-corrected chi connectivity index (χ3v) is 3.98. The lowest BCUT2D eigenvalue weighted by atomic mass is 10.00. The molecule has 15 heavy (non-hydrogen) atoms. The summed E-state index contributed by atoms with van der Waals surface area (Å²) in [5, 5.41) is 4.70. The van der Waals surface area contributed by atoms with Gasteiger partial charge in [-0.15, -0.1) is 6.58 Å². The number of sulfonamides is 1. The molecule has 0 aliphatic heterocycles. The molecule has 0 aromatic rings. The van der Waals surface area contributed by atoms with Gasteiger partial charge in [0, 0.05) is 13.7 Å². The van der Waals surface area contributed by atoms with Crippen LogP contribution in [0.4, 0.5) is 0 Å². The highest BCUT2D eigenvalue weighted by Crippen LogP contribution is 2.19. The zero-order chi connectivity index (χ0) is 11.9. The van der Waals surface area contributed by atoms with Crippen molar-refractivity contribution in [3.05, 3.63) is 12.7 Å². The molecule has 0 aromatic heterocycles. The summed E-state index contributed by atoms with van der Waals surface area (Å²) < 4.78 is 27.6. The molecule has 2 N–H and O–H groups in total. The van der Waals surface area contributed by atoms with Gasteiger partial charge in [-0.2, -0.15) is 0 Å². The van der Waals surface area contributed by atoms with E-state index in [1.54, 1.807) is 13.2 Å². The molecule has 5 heteroatoms. The van der Waals surface area contributed by atoms with Crippen molar-refractivity contribution in [3.8, 4) is 0 Å². The van der Waals surface area contributed by atoms with E-state index in [1.165, 1.54) is 0 Å². The van der Waals surface area contributed by atoms with E-state index in [1.807, 2.05) is 6.92 Å². The van der Waals surface area contributed by atoms with Crippen molar-refractivity contribution in [3.63, 3.8) is 0 Å². The number of allylic oxidation sites excluding steroid dienone is 1. The predicted octanol–water partition coefficient (Wildman–Crippen LogP) is 1.28. The third kappa shape index (κ3) is 5.92. The van der Waals surface area contributed by atoms with E-state index in [0.29, 0.717) is 25.9 Å². The minimum absolute atomic E-state index is 0.00866. The lowest BCUT2D eigenvalue weighted by Gasteiger charge is -2.20. The Bertz CT molecular complexity index is 274. The van der Waals surface area contributed by atoms with Crippen LogP contribution < -0.4 is 5.14 Å². The Labute approximate surface area is 92.5 Å². The molecule has 0 saturated carbocycles. The quantitative estimate of drug-likeness (QED) is 0.509. The van der Waals surface area contributed by atoms with Crippen LogP contribution in [-0.2, 0) is 14.8 Å². The Balaban J connectivity index is 4.38. The molecular formula is C10H21NO3S. The van der Waals surface area contributed by atoms with Crippen LogP contribution in [0.2, 0.25) is 0 Å². The molecular weight excluding hydrogens is 214 g/mol. The zero-order valence-electron chi connectivity index (χ0n) is 9.48. The second-order valence-electron chi connectivity index (χ2n) is 3.76. The lowest BCUT2D eigenvalue weighted by Crippen LogP contribution is -2.34. The molecule has 0 aliphatic rings. The van der Waals surface area contributed by atoms with Crippen molar-refractivity contribution in [2.45, 2.75) is 31.4 Å². The van der Waals surface area contributed by atoms with Crippen LogP contribution in [0, 0.1) is 5.92 Å². The van der Waals surface area contributed by atoms with Crippen LogP contribution >= 0.6 is 0 Å². The number of primary sulfonamides is 1. The fourth-order valence-electron chi connectivity index (χ4n) is 1.62. The van der Waals surface area contributed by atoms with Crippen LogP contribution in [0.15, 0.2) is 12.7 Å². The van der Waals surface area contributed by atoms with E-state index in [4.69, 9.17) is 9.88 Å². The summed E-state index contributed by atoms with van der Waals surface area (Å²) in [6.45, 7) is 6.04. The van der Waals surface area contributed by atoms with Gasteiger partial charge in [-0.1, -0.05) is 13.0 Å². The van der Waals surface area contributed by atoms with E-state index in [2.05, 4.69) is 6.58 Å². The molecule has 90 valence electrons. The van der Waals surface area contributed by atoms with E-state index >= 15 is 0 Å². The summed E-state index contributed by atoms with van der Waals surface area (Å²) in [7, 11) is -1.87. The number of nitrogens with two attached hydrogens (primary N) is 1. The van der Waals surface area contributed by atoms with Gasteiger partial charge in [-0.3, -0.25) is 0 Å². The van der Waals surface area contributed by atoms with Crippen LogP contribution in [0.5, 0.6) is 0 Å². The van der Waals surface area contributed by atoms with E-state index in [-0.39, 0.29) is 5.92 Å². The van der Waals surface area contributed by atoms with Crippen LogP contribution in [0.1, 0.15) is 26.2 Å². The van der Waals surface area contributed by atoms with Crippen molar-refractivity contribution < 1.29 is 13.2 Å². The summed E-state index contributed by atoms with van der Waals surface area (Å²) in [4.78, 5) is 0. The standard InChI is InChI=1S/C10H21NO3S/c1-4-6-9(2)10(15(11,12)13)7-5-8-14-3/h4,9-10H,1,5-8H2,2-3H3,(H2,11,12,13)/t9-,10+/m0/s1. The van der Waals surface area contributed by atoms with Gasteiger partial charge in [-0.05, 0) is 25.2 Å². The minimum Gasteiger partial charge on any atom is -0.385 e. The van der Waals surface area contributed by atoms with Crippen molar-refractivity contribution >= 4 is 10.0 Å². The topological polar surface area (TPSA) is 69.4 Å². The third-order valence-electron chi connectivity index (χ3n) is 2.43. The normalized spacial score (nSPS) is 15.9. The second-order valence-corrected chi connectivity index (χ2v) is 5.55. The molecule has 0 aromatic carbocycles. The first-order chi connectivity index (χ1) is 6.93. The molecule has 0 amide bonds. The lowest BCUT2D eigenvalue weighted by molar-refractivity contribution is 0.191. The van der Waals surface area contributed by atoms with Gasteiger partial charge in [0.1, 0.15) is 0 Å². The fourth-order valence-corrected chi connectivity index (χ4v) is 2.87. The number of hydrogen-bond acceptors (Lipinski definition) is 3. The van der Waals surface area contributed by atoms with Crippen molar-refractivity contribution in [2.75, 3.05) is 13.7 Å². The van der Waals surface area contributed by atoms with Gasteiger partial charge in [-0.25, -0.2) is 13.6 Å². The molecule has 0 bridgehead atoms. The highest BCUT2D eigenvalue weighted by Gasteiger charge is 2.26. The van der Waals surface area contributed by atoms with Gasteiger partial charge < -0.3 is 4.74 Å². The van der Waals surface area contributed by atoms with E-state index in [0.717, 1.165) is 0 Å². The van der Waals surface area contributed by atoms with Gasteiger partial charge in [0.2, 0.25) is 10.0 Å². The van der Waals surface area contributed by atoms with Crippen LogP contribution in [0.25, 0.3) is 0 Å². The molecule has 0 spiro atoms. The SMILES string of the molecule is C=CC[C@H](C)[C@@H](CCCOC)S(N)(=O)=O. The number of hydrogen-bond donors (Lipinski definition) is 1. The van der Waals surface area contributed by atoms with Crippen LogP contribution in [-0.4, -0.2) is 27.4 Å². The van der Waals surface area contributed by atoms with Gasteiger partial charge >= 0.3 is 0 Å². The average molecular weight is 235 g/mol. The molecule has 0 unspecified atom stereocenters. The molecule has 0 rings (SSSR count). The largest absolute Gasteiger partial charge is 0.385 e. The molecule has 2 atom stereocenters. The smallest absolute Gasteiger partial charge is 0.212 e. The van der Waals surface area contributed by atoms with Crippen molar-refractivity contribution in [2.24, 2.45) is 11.1 Å². The molecule has 4 nitrogen and oxygen atoms in total. The molecule has 0 saturated heterocycles. The Morgan fingerprint density at radius 2 is 2.13 bits per heavy atom. The average Bonchev–Trinajstić information content (AvgIpc) is 2.10. The highest BCUT2D eigenvalue weighted by atomic mass is 32.2. The van der Waals surface area contributed by atoms with Gasteiger partial charge in [0.05, 0.1) is 5.25 Å². The minimum atomic E-state index is -3.47. The first-order valence-electron chi connectivity index (χ1n) is 5.05. The maximum absolute atomic E-state index is 11.3. The monoisotopic (exact) mass is 235 g/mol. The molecule has 0 aliphatic carbocycles. The Morgan fingerprint density at radius 1 is 1.53 bits per heavy atom. The first-order valence-corrected chi connectivity index (χ1v) is 6.65. The second kappa shape index (κ2) is 6.98. The predicted molar refractivity (Wildman–Crippen MR) is 62.0 cm³/mol. The molecule has 0 radical (unpaired) electrons. The summed E-state index contributed by atoms with van der Waals surface area (Å²) in [5.74, 6) is 0.00866. The molecule has 0 fully saturated rings. The summed E-state index contributed by atoms with van der Waals surface area (Å²) in [5.41, 5.74) is 0. The summed E-state index contributed by atoms with van der Waals surface area (Å²) >= 11 is 0. The number of ether oxygens (including phenoxy) is 1. The Hall–Kier alpha value is -0.390. The summed E-state index contributed by atoms with van der Waals surface area (Å²) in [6, 6.07) is 0. The fraction of sp³-hybridized carbons (Fsp3) is 0.800. The van der Waals surface area contributed by atoms with Crippen molar-refractivity contribution in [1.29, 1.82) is 0 Å². The Kier molecular flexibility index (Phi) is 6.80. The van der Waals surface area contributed by atoms with Gasteiger partial charge in [0.15, 0.2) is 0 Å². The zero-order valence-corrected chi connectivity index (χ0v) is 10.3. The van der Waals surface area contributed by atoms with E-state index < -0.39 is 15.3 Å². The van der Waals surface area contributed by atoms with Crippen molar-refractivity contribution in [1.82, 2.24) is 0 Å². The molecule has 0 heterocycles.